The lowest BCUT2D eigenvalue weighted by Crippen LogP contribution is -2.11. The Balaban J connectivity index is 1.94. The van der Waals surface area contributed by atoms with Gasteiger partial charge in [-0.25, -0.2) is 9.37 Å². The number of anilines is 2. The number of rotatable bonds is 7. The zero-order valence-electron chi connectivity index (χ0n) is 12.5. The standard InChI is InChI=1S/C16H21FN4/c1-3-9-19-16-20-11-12(2)15(21-16)18-10-8-13-6-4-5-7-14(13)17/h4-7,11H,3,8-10H2,1-2H3,(H2,18,19,20,21). The van der Waals surface area contributed by atoms with Gasteiger partial charge < -0.3 is 10.6 Å². The minimum atomic E-state index is -0.163. The van der Waals surface area contributed by atoms with Gasteiger partial charge in [-0.05, 0) is 31.4 Å². The van der Waals surface area contributed by atoms with E-state index >= 15 is 0 Å². The van der Waals surface area contributed by atoms with E-state index in [0.717, 1.165) is 24.3 Å². The number of aromatic nitrogens is 2. The molecule has 0 aliphatic heterocycles. The molecule has 2 rings (SSSR count). The van der Waals surface area contributed by atoms with E-state index in [9.17, 15) is 4.39 Å². The van der Waals surface area contributed by atoms with Crippen molar-refractivity contribution < 1.29 is 4.39 Å². The van der Waals surface area contributed by atoms with Crippen LogP contribution in [0.3, 0.4) is 0 Å². The highest BCUT2D eigenvalue weighted by atomic mass is 19.1. The third-order valence-electron chi connectivity index (χ3n) is 3.15. The Morgan fingerprint density at radius 3 is 2.71 bits per heavy atom. The van der Waals surface area contributed by atoms with Crippen LogP contribution in [0.1, 0.15) is 24.5 Å². The Hall–Kier alpha value is -2.17. The first-order valence-corrected chi connectivity index (χ1v) is 7.25. The molecule has 4 nitrogen and oxygen atoms in total. The van der Waals surface area contributed by atoms with Crippen molar-refractivity contribution in [1.29, 1.82) is 0 Å². The molecule has 0 saturated heterocycles. The molecule has 1 heterocycles. The molecule has 1 aromatic heterocycles. The predicted octanol–water partition coefficient (Wildman–Crippen LogP) is 3.40. The Morgan fingerprint density at radius 1 is 1.14 bits per heavy atom. The van der Waals surface area contributed by atoms with Crippen molar-refractivity contribution in [1.82, 2.24) is 9.97 Å². The lowest BCUT2D eigenvalue weighted by atomic mass is 10.1. The van der Waals surface area contributed by atoms with E-state index in [4.69, 9.17) is 0 Å². The van der Waals surface area contributed by atoms with Crippen LogP contribution in [0.4, 0.5) is 16.2 Å². The molecule has 0 unspecified atom stereocenters. The highest BCUT2D eigenvalue weighted by molar-refractivity contribution is 5.46. The normalized spacial score (nSPS) is 10.4. The summed E-state index contributed by atoms with van der Waals surface area (Å²) in [7, 11) is 0. The average Bonchev–Trinajstić information content (AvgIpc) is 2.49. The fourth-order valence-corrected chi connectivity index (χ4v) is 1.96. The van der Waals surface area contributed by atoms with Gasteiger partial charge in [0, 0.05) is 24.8 Å². The van der Waals surface area contributed by atoms with Crippen LogP contribution in [0.2, 0.25) is 0 Å². The maximum absolute atomic E-state index is 13.5. The molecule has 112 valence electrons. The topological polar surface area (TPSA) is 49.8 Å². The van der Waals surface area contributed by atoms with Crippen LogP contribution in [0, 0.1) is 12.7 Å². The van der Waals surface area contributed by atoms with Gasteiger partial charge >= 0.3 is 0 Å². The van der Waals surface area contributed by atoms with Crippen molar-refractivity contribution in [2.75, 3.05) is 23.7 Å². The summed E-state index contributed by atoms with van der Waals surface area (Å²) in [6.45, 7) is 5.52. The maximum atomic E-state index is 13.5. The average molecular weight is 288 g/mol. The molecule has 0 bridgehead atoms. The number of benzene rings is 1. The SMILES string of the molecule is CCCNc1ncc(C)c(NCCc2ccccc2F)n1. The van der Waals surface area contributed by atoms with Crippen molar-refractivity contribution in [3.8, 4) is 0 Å². The highest BCUT2D eigenvalue weighted by Crippen LogP contribution is 2.13. The van der Waals surface area contributed by atoms with Crippen LogP contribution >= 0.6 is 0 Å². The van der Waals surface area contributed by atoms with E-state index in [-0.39, 0.29) is 5.82 Å². The Morgan fingerprint density at radius 2 is 1.95 bits per heavy atom. The molecule has 0 radical (unpaired) electrons. The first-order chi connectivity index (χ1) is 10.2. The minimum absolute atomic E-state index is 0.163. The lowest BCUT2D eigenvalue weighted by molar-refractivity contribution is 0.610. The van der Waals surface area contributed by atoms with Gasteiger partial charge in [0.2, 0.25) is 5.95 Å². The van der Waals surface area contributed by atoms with Crippen molar-refractivity contribution in [2.24, 2.45) is 0 Å². The molecule has 0 amide bonds. The van der Waals surface area contributed by atoms with Gasteiger partial charge in [-0.2, -0.15) is 4.98 Å². The van der Waals surface area contributed by atoms with Crippen molar-refractivity contribution >= 4 is 11.8 Å². The van der Waals surface area contributed by atoms with E-state index in [1.807, 2.05) is 13.0 Å². The van der Waals surface area contributed by atoms with Crippen molar-refractivity contribution in [2.45, 2.75) is 26.7 Å². The molecule has 0 aliphatic carbocycles. The third kappa shape index (κ3) is 4.41. The van der Waals surface area contributed by atoms with Gasteiger partial charge in [0.1, 0.15) is 11.6 Å². The molecule has 0 spiro atoms. The van der Waals surface area contributed by atoms with Crippen LogP contribution < -0.4 is 10.6 Å². The molecule has 0 fully saturated rings. The number of halogens is 1. The van der Waals surface area contributed by atoms with Crippen LogP contribution in [0.15, 0.2) is 30.5 Å². The molecule has 5 heteroatoms. The summed E-state index contributed by atoms with van der Waals surface area (Å²) < 4.78 is 13.5. The van der Waals surface area contributed by atoms with Crippen LogP contribution in [0.25, 0.3) is 0 Å². The Bertz CT molecular complexity index is 586. The second-order valence-corrected chi connectivity index (χ2v) is 4.92. The summed E-state index contributed by atoms with van der Waals surface area (Å²) in [5, 5.41) is 6.40. The molecule has 2 N–H and O–H groups in total. The van der Waals surface area contributed by atoms with Crippen molar-refractivity contribution in [3.05, 3.63) is 47.4 Å². The van der Waals surface area contributed by atoms with Crippen molar-refractivity contribution in [3.63, 3.8) is 0 Å². The molecule has 0 atom stereocenters. The largest absolute Gasteiger partial charge is 0.369 e. The van der Waals surface area contributed by atoms with Gasteiger partial charge in [0.15, 0.2) is 0 Å². The molecule has 2 aromatic rings. The number of nitrogens with zero attached hydrogens (tertiary/aromatic N) is 2. The van der Waals surface area contributed by atoms with E-state index in [1.54, 1.807) is 18.3 Å². The lowest BCUT2D eigenvalue weighted by Gasteiger charge is -2.11. The fraction of sp³-hybridized carbons (Fsp3) is 0.375. The summed E-state index contributed by atoms with van der Waals surface area (Å²) in [6, 6.07) is 6.84. The minimum Gasteiger partial charge on any atom is -0.369 e. The maximum Gasteiger partial charge on any atom is 0.224 e. The van der Waals surface area contributed by atoms with Crippen LogP contribution in [-0.4, -0.2) is 23.1 Å². The first-order valence-electron chi connectivity index (χ1n) is 7.25. The Labute approximate surface area is 124 Å². The zero-order chi connectivity index (χ0) is 15.1. The summed E-state index contributed by atoms with van der Waals surface area (Å²) >= 11 is 0. The van der Waals surface area contributed by atoms with E-state index in [0.29, 0.717) is 24.5 Å². The van der Waals surface area contributed by atoms with Gasteiger partial charge in [0.05, 0.1) is 0 Å². The molecule has 1 aromatic carbocycles. The second kappa shape index (κ2) is 7.57. The summed E-state index contributed by atoms with van der Waals surface area (Å²) in [4.78, 5) is 8.67. The Kier molecular flexibility index (Phi) is 5.49. The van der Waals surface area contributed by atoms with Gasteiger partial charge in [-0.1, -0.05) is 25.1 Å². The fourth-order valence-electron chi connectivity index (χ4n) is 1.96. The van der Waals surface area contributed by atoms with Crippen LogP contribution in [0.5, 0.6) is 0 Å². The predicted molar refractivity (Wildman–Crippen MR) is 84.1 cm³/mol. The van der Waals surface area contributed by atoms with E-state index in [1.165, 1.54) is 6.07 Å². The van der Waals surface area contributed by atoms with E-state index < -0.39 is 0 Å². The monoisotopic (exact) mass is 288 g/mol. The summed E-state index contributed by atoms with van der Waals surface area (Å²) in [5.74, 6) is 1.25. The van der Waals surface area contributed by atoms with Gasteiger partial charge in [0.25, 0.3) is 0 Å². The van der Waals surface area contributed by atoms with Crippen LogP contribution in [-0.2, 0) is 6.42 Å². The zero-order valence-corrected chi connectivity index (χ0v) is 12.5. The van der Waals surface area contributed by atoms with Gasteiger partial charge in [-0.15, -0.1) is 0 Å². The van der Waals surface area contributed by atoms with E-state index in [2.05, 4.69) is 27.5 Å². The number of nitrogens with one attached hydrogen (secondary N) is 2. The third-order valence-corrected chi connectivity index (χ3v) is 3.15. The quantitative estimate of drug-likeness (QED) is 0.820. The molecule has 21 heavy (non-hydrogen) atoms. The first kappa shape index (κ1) is 15.2. The highest BCUT2D eigenvalue weighted by Gasteiger charge is 2.04. The summed E-state index contributed by atoms with van der Waals surface area (Å²) in [6.07, 6.45) is 3.43. The molecular formula is C16H21FN4. The number of hydrogen-bond donors (Lipinski definition) is 2. The number of hydrogen-bond acceptors (Lipinski definition) is 4. The second-order valence-electron chi connectivity index (χ2n) is 4.92. The smallest absolute Gasteiger partial charge is 0.224 e. The van der Waals surface area contributed by atoms with Gasteiger partial charge in [-0.3, -0.25) is 0 Å². The molecule has 0 aliphatic rings. The summed E-state index contributed by atoms with van der Waals surface area (Å²) in [5.41, 5.74) is 1.69. The molecular weight excluding hydrogens is 267 g/mol. The number of aryl methyl sites for hydroxylation is 1. The molecule has 0 saturated carbocycles.